The summed E-state index contributed by atoms with van der Waals surface area (Å²) in [5.41, 5.74) is 5.22. The Morgan fingerprint density at radius 2 is 1.70 bits per heavy atom. The quantitative estimate of drug-likeness (QED) is 0.803. The second kappa shape index (κ2) is 6.18. The van der Waals surface area contributed by atoms with E-state index < -0.39 is 0 Å². The molecule has 0 fully saturated rings. The molecular weight excluding hydrogens is 286 g/mol. The second-order valence-electron chi connectivity index (χ2n) is 5.55. The molecule has 3 aromatic rings. The maximum Gasteiger partial charge on any atom is 0.119 e. The van der Waals surface area contributed by atoms with Crippen LogP contribution in [0.15, 0.2) is 60.8 Å². The van der Waals surface area contributed by atoms with E-state index in [9.17, 15) is 0 Å². The number of nitrogens with zero attached hydrogens (tertiary/aromatic N) is 2. The van der Waals surface area contributed by atoms with Crippen molar-refractivity contribution in [2.24, 2.45) is 0 Å². The first kappa shape index (κ1) is 13.9. The molecule has 1 N–H and O–H groups in total. The number of rotatable bonds is 4. The average molecular weight is 303 g/mol. The van der Waals surface area contributed by atoms with E-state index in [1.165, 1.54) is 0 Å². The predicted octanol–water partition coefficient (Wildman–Crippen LogP) is 3.33. The number of nitrogens with one attached hydrogen (secondary N) is 1. The Balaban J connectivity index is 1.47. The number of hydrogen-bond acceptors (Lipinski definition) is 4. The first-order chi connectivity index (χ1) is 11.4. The van der Waals surface area contributed by atoms with Gasteiger partial charge in [-0.3, -0.25) is 4.98 Å². The molecule has 23 heavy (non-hydrogen) atoms. The van der Waals surface area contributed by atoms with Crippen molar-refractivity contribution in [3.05, 3.63) is 77.7 Å². The maximum atomic E-state index is 5.81. The van der Waals surface area contributed by atoms with Crippen LogP contribution in [0.3, 0.4) is 0 Å². The van der Waals surface area contributed by atoms with Crippen molar-refractivity contribution in [3.8, 4) is 17.0 Å². The van der Waals surface area contributed by atoms with Crippen molar-refractivity contribution >= 4 is 0 Å². The minimum atomic E-state index is 0.574. The van der Waals surface area contributed by atoms with Gasteiger partial charge in [0.2, 0.25) is 0 Å². The zero-order valence-electron chi connectivity index (χ0n) is 12.7. The van der Waals surface area contributed by atoms with E-state index >= 15 is 0 Å². The molecule has 0 saturated heterocycles. The number of aromatic nitrogens is 2. The fraction of sp³-hybridized carbons (Fsp3) is 0.158. The Hall–Kier alpha value is -2.72. The molecular formula is C19H17N3O. The summed E-state index contributed by atoms with van der Waals surface area (Å²) in [7, 11) is 0. The number of hydrogen-bond donors (Lipinski definition) is 1. The molecule has 114 valence electrons. The largest absolute Gasteiger partial charge is 0.489 e. The van der Waals surface area contributed by atoms with E-state index in [1.54, 1.807) is 0 Å². The molecule has 0 aliphatic carbocycles. The van der Waals surface area contributed by atoms with Gasteiger partial charge in [0, 0.05) is 18.7 Å². The highest BCUT2D eigenvalue weighted by Gasteiger charge is 2.13. The lowest BCUT2D eigenvalue weighted by atomic mass is 10.1. The lowest BCUT2D eigenvalue weighted by molar-refractivity contribution is 0.306. The molecule has 4 rings (SSSR count). The fourth-order valence-electron chi connectivity index (χ4n) is 2.64. The fourth-order valence-corrected chi connectivity index (χ4v) is 2.64. The van der Waals surface area contributed by atoms with Gasteiger partial charge in [-0.15, -0.1) is 0 Å². The normalized spacial score (nSPS) is 12.9. The molecule has 4 nitrogen and oxygen atoms in total. The van der Waals surface area contributed by atoms with Crippen LogP contribution in [0, 0.1) is 0 Å². The van der Waals surface area contributed by atoms with E-state index in [1.807, 2.05) is 48.7 Å². The van der Waals surface area contributed by atoms with Crippen molar-refractivity contribution in [2.75, 3.05) is 0 Å². The summed E-state index contributed by atoms with van der Waals surface area (Å²) in [5, 5.41) is 3.26. The SMILES string of the molecule is c1ccc(COc2ccc(-c3cnc4c(n3)CNC4)cc2)cc1. The van der Waals surface area contributed by atoms with Crippen molar-refractivity contribution in [1.82, 2.24) is 15.3 Å². The van der Waals surface area contributed by atoms with Crippen LogP contribution in [0.25, 0.3) is 11.3 Å². The van der Waals surface area contributed by atoms with Crippen LogP contribution in [0.1, 0.15) is 17.0 Å². The minimum absolute atomic E-state index is 0.574. The van der Waals surface area contributed by atoms with Crippen molar-refractivity contribution in [1.29, 1.82) is 0 Å². The minimum Gasteiger partial charge on any atom is -0.489 e. The van der Waals surface area contributed by atoms with Crippen molar-refractivity contribution in [3.63, 3.8) is 0 Å². The lowest BCUT2D eigenvalue weighted by Gasteiger charge is -2.08. The number of benzene rings is 2. The van der Waals surface area contributed by atoms with Crippen LogP contribution < -0.4 is 10.1 Å². The first-order valence-electron chi connectivity index (χ1n) is 7.71. The lowest BCUT2D eigenvalue weighted by Crippen LogP contribution is -2.00. The van der Waals surface area contributed by atoms with Gasteiger partial charge in [0.1, 0.15) is 12.4 Å². The van der Waals surface area contributed by atoms with Gasteiger partial charge in [-0.05, 0) is 29.8 Å². The van der Waals surface area contributed by atoms with Crippen LogP contribution in [0.5, 0.6) is 5.75 Å². The van der Waals surface area contributed by atoms with Crippen molar-refractivity contribution in [2.45, 2.75) is 19.7 Å². The van der Waals surface area contributed by atoms with Gasteiger partial charge in [-0.25, -0.2) is 4.98 Å². The molecule has 1 aliphatic heterocycles. The molecule has 0 unspecified atom stereocenters. The third-order valence-electron chi connectivity index (χ3n) is 3.91. The van der Waals surface area contributed by atoms with E-state index in [0.717, 1.165) is 47.0 Å². The Morgan fingerprint density at radius 3 is 2.52 bits per heavy atom. The summed E-state index contributed by atoms with van der Waals surface area (Å²) in [6.07, 6.45) is 1.84. The molecule has 2 aromatic carbocycles. The zero-order chi connectivity index (χ0) is 15.5. The molecule has 4 heteroatoms. The van der Waals surface area contributed by atoms with E-state index in [-0.39, 0.29) is 0 Å². The number of fused-ring (bicyclic) bond motifs is 1. The van der Waals surface area contributed by atoms with Gasteiger partial charge in [0.05, 0.1) is 23.3 Å². The van der Waals surface area contributed by atoms with E-state index in [2.05, 4.69) is 27.4 Å². The van der Waals surface area contributed by atoms with Crippen molar-refractivity contribution < 1.29 is 4.74 Å². The van der Waals surface area contributed by atoms with Gasteiger partial charge in [0.25, 0.3) is 0 Å². The zero-order valence-corrected chi connectivity index (χ0v) is 12.7. The average Bonchev–Trinajstić information content (AvgIpc) is 3.09. The topological polar surface area (TPSA) is 47.0 Å². The Kier molecular flexibility index (Phi) is 3.74. The first-order valence-corrected chi connectivity index (χ1v) is 7.71. The Labute approximate surface area is 135 Å². The highest BCUT2D eigenvalue weighted by Crippen LogP contribution is 2.22. The predicted molar refractivity (Wildman–Crippen MR) is 88.8 cm³/mol. The third-order valence-corrected chi connectivity index (χ3v) is 3.91. The molecule has 2 heterocycles. The molecule has 0 spiro atoms. The van der Waals surface area contributed by atoms with Crippen LogP contribution in [0.4, 0.5) is 0 Å². The van der Waals surface area contributed by atoms with Crippen LogP contribution in [0.2, 0.25) is 0 Å². The molecule has 0 bridgehead atoms. The summed E-state index contributed by atoms with van der Waals surface area (Å²) in [6.45, 7) is 2.19. The maximum absolute atomic E-state index is 5.81. The highest BCUT2D eigenvalue weighted by molar-refractivity contribution is 5.59. The van der Waals surface area contributed by atoms with E-state index in [4.69, 9.17) is 4.74 Å². The van der Waals surface area contributed by atoms with Gasteiger partial charge in [-0.2, -0.15) is 0 Å². The number of ether oxygens (including phenoxy) is 1. The molecule has 1 aliphatic rings. The summed E-state index contributed by atoms with van der Waals surface area (Å²) < 4.78 is 5.81. The van der Waals surface area contributed by atoms with Gasteiger partial charge in [0.15, 0.2) is 0 Å². The summed E-state index contributed by atoms with van der Waals surface area (Å²) in [6, 6.07) is 18.2. The van der Waals surface area contributed by atoms with E-state index in [0.29, 0.717) is 6.61 Å². The van der Waals surface area contributed by atoms with Gasteiger partial charge >= 0.3 is 0 Å². The third kappa shape index (κ3) is 3.07. The smallest absolute Gasteiger partial charge is 0.119 e. The second-order valence-corrected chi connectivity index (χ2v) is 5.55. The van der Waals surface area contributed by atoms with Crippen LogP contribution in [-0.4, -0.2) is 9.97 Å². The van der Waals surface area contributed by atoms with Gasteiger partial charge in [-0.1, -0.05) is 30.3 Å². The molecule has 0 amide bonds. The Bertz CT molecular complexity index is 801. The van der Waals surface area contributed by atoms with Gasteiger partial charge < -0.3 is 10.1 Å². The van der Waals surface area contributed by atoms with Crippen LogP contribution in [-0.2, 0) is 19.7 Å². The summed E-state index contributed by atoms with van der Waals surface area (Å²) in [4.78, 5) is 9.16. The highest BCUT2D eigenvalue weighted by atomic mass is 16.5. The molecule has 0 atom stereocenters. The standard InChI is InChI=1S/C19H17N3O/c1-2-4-14(5-3-1)13-23-16-8-6-15(7-9-16)17-12-21-18-10-20-11-19(18)22-17/h1-9,12,20H,10-11,13H2. The summed E-state index contributed by atoms with van der Waals surface area (Å²) >= 11 is 0. The molecule has 0 saturated carbocycles. The van der Waals surface area contributed by atoms with Crippen LogP contribution >= 0.6 is 0 Å². The molecule has 0 radical (unpaired) electrons. The Morgan fingerprint density at radius 1 is 0.913 bits per heavy atom. The summed E-state index contributed by atoms with van der Waals surface area (Å²) in [5.74, 6) is 0.855. The molecule has 1 aromatic heterocycles. The monoisotopic (exact) mass is 303 g/mol.